The number of hydrogen-bond donors (Lipinski definition) is 1. The number of thiophene rings is 1. The van der Waals surface area contributed by atoms with Crippen molar-refractivity contribution >= 4 is 79.6 Å². The molecule has 1 aromatic carbocycles. The van der Waals surface area contributed by atoms with E-state index in [2.05, 4.69) is 39.6 Å². The van der Waals surface area contributed by atoms with Gasteiger partial charge in [-0.15, -0.1) is 22.7 Å². The summed E-state index contributed by atoms with van der Waals surface area (Å²) in [5, 5.41) is 19.3. The zero-order valence-electron chi connectivity index (χ0n) is 20.8. The normalized spacial score (nSPS) is 21.4. The Labute approximate surface area is 257 Å². The second-order valence-corrected chi connectivity index (χ2v) is 13.9. The molecular weight excluding hydrogens is 692 g/mol. The van der Waals surface area contributed by atoms with Crippen molar-refractivity contribution in [3.8, 4) is 21.8 Å². The van der Waals surface area contributed by atoms with Gasteiger partial charge in [-0.05, 0) is 44.4 Å². The maximum absolute atomic E-state index is 11.3. The van der Waals surface area contributed by atoms with Crippen molar-refractivity contribution in [1.82, 2.24) is 10.1 Å². The van der Waals surface area contributed by atoms with E-state index < -0.39 is 5.97 Å². The molecule has 7 nitrogen and oxygen atoms in total. The first-order valence-electron chi connectivity index (χ1n) is 12.5. The molecule has 1 saturated carbocycles. The highest BCUT2D eigenvalue weighted by Gasteiger charge is 2.37. The highest BCUT2D eigenvalue weighted by molar-refractivity contribution is 14.1. The number of piperidine rings is 1. The van der Waals surface area contributed by atoms with Crippen molar-refractivity contribution in [2.24, 2.45) is 0 Å². The van der Waals surface area contributed by atoms with Crippen molar-refractivity contribution in [2.45, 2.75) is 61.3 Å². The quantitative estimate of drug-likeness (QED) is 0.111. The van der Waals surface area contributed by atoms with E-state index in [1.165, 1.54) is 11.3 Å². The van der Waals surface area contributed by atoms with E-state index in [-0.39, 0.29) is 16.2 Å². The summed E-state index contributed by atoms with van der Waals surface area (Å²) < 4.78 is 12.5. The van der Waals surface area contributed by atoms with Crippen LogP contribution in [0, 0.1) is 0 Å². The standard InChI is InChI=1S/C27H24Cl2IN3O4S2/c1-13-7-16(9-22(30)33(13)27-31-20(12-39-27)21-8-15(11-38-21)26(34)35)36-10-17-24(32-37-25(17)14-5-6-14)23-18(28)3-2-4-19(23)29/h2-4,8,11-14,16,22H,5-7,9-10H2,1H3,(H,34,35)/t13-,16+,22+/m1/s1. The number of rotatable bonds is 8. The summed E-state index contributed by atoms with van der Waals surface area (Å²) in [6.07, 6.45) is 3.92. The lowest BCUT2D eigenvalue weighted by Crippen LogP contribution is -2.47. The number of hydrogen-bond acceptors (Lipinski definition) is 8. The van der Waals surface area contributed by atoms with Crippen LogP contribution in [0.2, 0.25) is 10.0 Å². The van der Waals surface area contributed by atoms with Crippen LogP contribution in [0.4, 0.5) is 5.13 Å². The van der Waals surface area contributed by atoms with Crippen LogP contribution >= 0.6 is 68.5 Å². The van der Waals surface area contributed by atoms with E-state index in [4.69, 9.17) is 37.4 Å². The fourth-order valence-corrected chi connectivity index (χ4v) is 9.01. The van der Waals surface area contributed by atoms with Crippen LogP contribution in [0.5, 0.6) is 0 Å². The molecule has 1 aliphatic carbocycles. The molecule has 1 N–H and O–H groups in total. The third-order valence-electron chi connectivity index (χ3n) is 7.08. The van der Waals surface area contributed by atoms with Crippen LogP contribution in [-0.4, -0.2) is 37.4 Å². The lowest BCUT2D eigenvalue weighted by atomic mass is 10.0. The Kier molecular flexibility index (Phi) is 7.95. The fraction of sp³-hybridized carbons (Fsp3) is 0.370. The molecule has 204 valence electrons. The number of aromatic nitrogens is 2. The van der Waals surface area contributed by atoms with Gasteiger partial charge in [0.1, 0.15) is 11.5 Å². The first kappa shape index (κ1) is 27.5. The molecule has 4 heterocycles. The fourth-order valence-electron chi connectivity index (χ4n) is 4.97. The van der Waals surface area contributed by atoms with E-state index in [0.29, 0.717) is 39.4 Å². The topological polar surface area (TPSA) is 88.7 Å². The molecule has 6 rings (SSSR count). The van der Waals surface area contributed by atoms with Gasteiger partial charge < -0.3 is 19.3 Å². The number of carboxylic acid groups (broad SMARTS) is 1. The summed E-state index contributed by atoms with van der Waals surface area (Å²) in [4.78, 5) is 19.3. The van der Waals surface area contributed by atoms with E-state index in [9.17, 15) is 9.90 Å². The highest BCUT2D eigenvalue weighted by atomic mass is 127. The monoisotopic (exact) mass is 715 g/mol. The van der Waals surface area contributed by atoms with Crippen molar-refractivity contribution < 1.29 is 19.2 Å². The molecule has 4 aromatic rings. The molecule has 2 fully saturated rings. The first-order chi connectivity index (χ1) is 18.8. The molecule has 1 aliphatic heterocycles. The summed E-state index contributed by atoms with van der Waals surface area (Å²) in [6, 6.07) is 7.34. The van der Waals surface area contributed by atoms with Crippen LogP contribution in [0.25, 0.3) is 21.8 Å². The Balaban J connectivity index is 1.16. The van der Waals surface area contributed by atoms with E-state index in [1.807, 2.05) is 23.6 Å². The van der Waals surface area contributed by atoms with Gasteiger partial charge >= 0.3 is 5.97 Å². The summed E-state index contributed by atoms with van der Waals surface area (Å²) in [5.41, 5.74) is 3.39. The number of carboxylic acids is 1. The summed E-state index contributed by atoms with van der Waals surface area (Å²) in [6.45, 7) is 2.58. The number of benzene rings is 1. The lowest BCUT2D eigenvalue weighted by Gasteiger charge is -2.41. The molecule has 12 heteroatoms. The molecule has 39 heavy (non-hydrogen) atoms. The van der Waals surface area contributed by atoms with Gasteiger partial charge in [-0.2, -0.15) is 0 Å². The van der Waals surface area contributed by atoms with Crippen LogP contribution < -0.4 is 4.90 Å². The molecule has 3 atom stereocenters. The van der Waals surface area contributed by atoms with Crippen LogP contribution in [0.3, 0.4) is 0 Å². The Morgan fingerprint density at radius 1 is 1.23 bits per heavy atom. The number of alkyl halides is 1. The van der Waals surface area contributed by atoms with Gasteiger partial charge in [-0.3, -0.25) is 0 Å². The number of thiazole rings is 1. The number of aromatic carboxylic acids is 1. The van der Waals surface area contributed by atoms with Crippen LogP contribution in [-0.2, 0) is 11.3 Å². The molecule has 0 bridgehead atoms. The average Bonchev–Trinajstić information content (AvgIpc) is 3.27. The van der Waals surface area contributed by atoms with Crippen molar-refractivity contribution in [2.75, 3.05) is 4.90 Å². The summed E-state index contributed by atoms with van der Waals surface area (Å²) in [7, 11) is 0. The minimum Gasteiger partial charge on any atom is -0.478 e. The largest absolute Gasteiger partial charge is 0.478 e. The number of nitrogens with zero attached hydrogens (tertiary/aromatic N) is 3. The number of halogens is 3. The van der Waals surface area contributed by atoms with Gasteiger partial charge in [-0.1, -0.05) is 57.0 Å². The van der Waals surface area contributed by atoms with Gasteiger partial charge in [0.05, 0.1) is 42.9 Å². The van der Waals surface area contributed by atoms with Gasteiger partial charge in [0, 0.05) is 40.3 Å². The van der Waals surface area contributed by atoms with Crippen LogP contribution in [0.15, 0.2) is 39.5 Å². The first-order valence-corrected chi connectivity index (χ1v) is 16.3. The lowest BCUT2D eigenvalue weighted by molar-refractivity contribution is 0.0161. The van der Waals surface area contributed by atoms with Crippen molar-refractivity contribution in [3.05, 3.63) is 62.0 Å². The maximum Gasteiger partial charge on any atom is 0.336 e. The molecule has 0 spiro atoms. The summed E-state index contributed by atoms with van der Waals surface area (Å²) in [5.74, 6) is 0.333. The number of ether oxygens (including phenoxy) is 1. The number of anilines is 1. The minimum absolute atomic E-state index is 0.0597. The predicted octanol–water partition coefficient (Wildman–Crippen LogP) is 8.74. The highest BCUT2D eigenvalue weighted by Crippen LogP contribution is 2.46. The Bertz CT molecular complexity index is 1490. The predicted molar refractivity (Wildman–Crippen MR) is 164 cm³/mol. The van der Waals surface area contributed by atoms with Gasteiger partial charge in [0.25, 0.3) is 0 Å². The Hall–Kier alpha value is -1.70. The van der Waals surface area contributed by atoms with Gasteiger partial charge in [-0.25, -0.2) is 9.78 Å². The molecule has 0 radical (unpaired) electrons. The van der Waals surface area contributed by atoms with Crippen LogP contribution in [0.1, 0.15) is 60.2 Å². The van der Waals surface area contributed by atoms with E-state index in [1.54, 1.807) is 22.8 Å². The minimum atomic E-state index is -0.923. The maximum atomic E-state index is 11.3. The molecule has 3 aromatic heterocycles. The molecule has 0 amide bonds. The summed E-state index contributed by atoms with van der Waals surface area (Å²) >= 11 is 18.5. The average molecular weight is 716 g/mol. The van der Waals surface area contributed by atoms with Crippen molar-refractivity contribution in [3.63, 3.8) is 0 Å². The van der Waals surface area contributed by atoms with E-state index >= 15 is 0 Å². The third-order valence-corrected chi connectivity index (χ3v) is 10.6. The smallest absolute Gasteiger partial charge is 0.336 e. The van der Waals surface area contributed by atoms with E-state index in [0.717, 1.165) is 52.7 Å². The third kappa shape index (κ3) is 5.60. The Morgan fingerprint density at radius 3 is 2.67 bits per heavy atom. The Morgan fingerprint density at radius 2 is 2.00 bits per heavy atom. The molecule has 2 aliphatic rings. The zero-order chi connectivity index (χ0) is 27.3. The van der Waals surface area contributed by atoms with Gasteiger partial charge in [0.15, 0.2) is 5.13 Å². The second-order valence-electron chi connectivity index (χ2n) is 9.86. The molecule has 0 unspecified atom stereocenters. The van der Waals surface area contributed by atoms with Crippen molar-refractivity contribution in [1.29, 1.82) is 0 Å². The van der Waals surface area contributed by atoms with Gasteiger partial charge in [0.2, 0.25) is 0 Å². The zero-order valence-corrected chi connectivity index (χ0v) is 26.1. The SMILES string of the molecule is C[C@@H]1C[C@H](OCc2c(-c3c(Cl)cccc3Cl)noc2C2CC2)C[C@@H](I)N1c1nc(-c2cc(C(=O)O)cs2)cs1. The molecular formula is C27H24Cl2IN3O4S2. The molecule has 1 saturated heterocycles. The number of carbonyl (C=O) groups is 1. The second kappa shape index (κ2) is 11.3.